The second-order valence-corrected chi connectivity index (χ2v) is 5.67. The maximum Gasteiger partial charge on any atom is 0.220 e. The van der Waals surface area contributed by atoms with Gasteiger partial charge in [0.15, 0.2) is 0 Å². The monoisotopic (exact) mass is 280 g/mol. The van der Waals surface area contributed by atoms with Gasteiger partial charge < -0.3 is 11.1 Å². The molecule has 3 rings (SSSR count). The molecule has 2 aromatic rings. The molecule has 3 nitrogen and oxygen atoms in total. The Morgan fingerprint density at radius 1 is 1.10 bits per heavy atom. The molecule has 3 N–H and O–H groups in total. The Morgan fingerprint density at radius 3 is 2.52 bits per heavy atom. The summed E-state index contributed by atoms with van der Waals surface area (Å²) in [4.78, 5) is 12.0. The standard InChI is InChI=1S/C18H20N2O/c19-15-9-6-13(7-10-15)8-11-18(21)20-17-12-16(17)14-4-2-1-3-5-14/h1-7,9-10,16-17H,8,11-12,19H2,(H,20,21). The molecule has 1 amide bonds. The zero-order chi connectivity index (χ0) is 14.7. The minimum absolute atomic E-state index is 0.134. The highest BCUT2D eigenvalue weighted by atomic mass is 16.1. The van der Waals surface area contributed by atoms with Gasteiger partial charge in [-0.25, -0.2) is 0 Å². The van der Waals surface area contributed by atoms with Crippen molar-refractivity contribution in [3.05, 3.63) is 65.7 Å². The van der Waals surface area contributed by atoms with E-state index in [-0.39, 0.29) is 5.91 Å². The molecule has 0 bridgehead atoms. The number of carbonyl (C=O) groups excluding carboxylic acids is 1. The number of amides is 1. The lowest BCUT2D eigenvalue weighted by Crippen LogP contribution is -2.26. The van der Waals surface area contributed by atoms with E-state index in [4.69, 9.17) is 5.73 Å². The molecular weight excluding hydrogens is 260 g/mol. The van der Waals surface area contributed by atoms with Crippen LogP contribution >= 0.6 is 0 Å². The van der Waals surface area contributed by atoms with Crippen LogP contribution in [0.5, 0.6) is 0 Å². The van der Waals surface area contributed by atoms with Crippen molar-refractivity contribution in [3.8, 4) is 0 Å². The zero-order valence-corrected chi connectivity index (χ0v) is 12.0. The van der Waals surface area contributed by atoms with Crippen molar-refractivity contribution in [2.24, 2.45) is 0 Å². The van der Waals surface area contributed by atoms with Gasteiger partial charge in [0.05, 0.1) is 0 Å². The van der Waals surface area contributed by atoms with Crippen molar-refractivity contribution < 1.29 is 4.79 Å². The van der Waals surface area contributed by atoms with Crippen LogP contribution in [0.25, 0.3) is 0 Å². The largest absolute Gasteiger partial charge is 0.399 e. The molecule has 2 aromatic carbocycles. The normalized spacial score (nSPS) is 20.0. The minimum atomic E-state index is 0.134. The number of aryl methyl sites for hydroxylation is 1. The lowest BCUT2D eigenvalue weighted by atomic mass is 10.1. The van der Waals surface area contributed by atoms with E-state index in [0.29, 0.717) is 18.4 Å². The Hall–Kier alpha value is -2.29. The van der Waals surface area contributed by atoms with Crippen LogP contribution in [0.3, 0.4) is 0 Å². The average molecular weight is 280 g/mol. The molecule has 108 valence electrons. The van der Waals surface area contributed by atoms with Crippen molar-refractivity contribution in [1.82, 2.24) is 5.32 Å². The molecule has 1 saturated carbocycles. The fourth-order valence-electron chi connectivity index (χ4n) is 2.64. The number of rotatable bonds is 5. The van der Waals surface area contributed by atoms with Crippen LogP contribution in [-0.2, 0) is 11.2 Å². The lowest BCUT2D eigenvalue weighted by Gasteiger charge is -2.05. The first-order valence-electron chi connectivity index (χ1n) is 7.41. The number of nitrogens with two attached hydrogens (primary N) is 1. The molecule has 0 radical (unpaired) electrons. The first-order chi connectivity index (χ1) is 10.2. The van der Waals surface area contributed by atoms with Gasteiger partial charge in [0.1, 0.15) is 0 Å². The van der Waals surface area contributed by atoms with Crippen LogP contribution in [0, 0.1) is 0 Å². The first-order valence-corrected chi connectivity index (χ1v) is 7.41. The van der Waals surface area contributed by atoms with Crippen molar-refractivity contribution in [2.45, 2.75) is 31.2 Å². The van der Waals surface area contributed by atoms with Crippen LogP contribution in [0.4, 0.5) is 5.69 Å². The molecule has 3 heteroatoms. The van der Waals surface area contributed by atoms with Crippen molar-refractivity contribution >= 4 is 11.6 Å². The van der Waals surface area contributed by atoms with Gasteiger partial charge in [-0.1, -0.05) is 42.5 Å². The van der Waals surface area contributed by atoms with E-state index in [1.807, 2.05) is 42.5 Å². The predicted molar refractivity (Wildman–Crippen MR) is 84.9 cm³/mol. The van der Waals surface area contributed by atoms with Gasteiger partial charge in [0.2, 0.25) is 5.91 Å². The molecule has 1 aliphatic carbocycles. The van der Waals surface area contributed by atoms with E-state index in [0.717, 1.165) is 24.1 Å². The number of nitrogen functional groups attached to an aromatic ring is 1. The number of anilines is 1. The highest BCUT2D eigenvalue weighted by Crippen LogP contribution is 2.40. The van der Waals surface area contributed by atoms with E-state index in [1.165, 1.54) is 5.56 Å². The summed E-state index contributed by atoms with van der Waals surface area (Å²) < 4.78 is 0. The van der Waals surface area contributed by atoms with E-state index < -0.39 is 0 Å². The molecule has 1 aliphatic rings. The van der Waals surface area contributed by atoms with Gasteiger partial charge in [-0.3, -0.25) is 4.79 Å². The third kappa shape index (κ3) is 3.63. The summed E-state index contributed by atoms with van der Waals surface area (Å²) in [7, 11) is 0. The Balaban J connectivity index is 1.44. The van der Waals surface area contributed by atoms with Gasteiger partial charge in [-0.15, -0.1) is 0 Å². The van der Waals surface area contributed by atoms with Gasteiger partial charge in [-0.2, -0.15) is 0 Å². The number of benzene rings is 2. The SMILES string of the molecule is Nc1ccc(CCC(=O)NC2CC2c2ccccc2)cc1. The first kappa shape index (κ1) is 13.7. The summed E-state index contributed by atoms with van der Waals surface area (Å²) in [6, 6.07) is 18.4. The molecule has 0 aromatic heterocycles. The van der Waals surface area contributed by atoms with Crippen LogP contribution in [0.15, 0.2) is 54.6 Å². The average Bonchev–Trinajstić information content (AvgIpc) is 3.27. The summed E-state index contributed by atoms with van der Waals surface area (Å²) in [5.41, 5.74) is 8.87. The second kappa shape index (κ2) is 6.00. The fourth-order valence-corrected chi connectivity index (χ4v) is 2.64. The summed E-state index contributed by atoms with van der Waals surface area (Å²) in [6.45, 7) is 0. The third-order valence-electron chi connectivity index (χ3n) is 3.99. The maximum absolute atomic E-state index is 12.0. The van der Waals surface area contributed by atoms with Crippen LogP contribution in [0.2, 0.25) is 0 Å². The number of hydrogen-bond acceptors (Lipinski definition) is 2. The van der Waals surface area contributed by atoms with Gasteiger partial charge >= 0.3 is 0 Å². The molecule has 2 atom stereocenters. The Kier molecular flexibility index (Phi) is 3.91. The Labute approximate surface area is 125 Å². The summed E-state index contributed by atoms with van der Waals surface area (Å²) in [5.74, 6) is 0.627. The third-order valence-corrected chi connectivity index (χ3v) is 3.99. The second-order valence-electron chi connectivity index (χ2n) is 5.67. The van der Waals surface area contributed by atoms with Crippen molar-refractivity contribution in [1.29, 1.82) is 0 Å². The summed E-state index contributed by atoms with van der Waals surface area (Å²) in [5, 5.41) is 3.12. The van der Waals surface area contributed by atoms with Crippen LogP contribution in [-0.4, -0.2) is 11.9 Å². The Bertz CT molecular complexity index is 607. The van der Waals surface area contributed by atoms with Crippen LogP contribution in [0.1, 0.15) is 29.9 Å². The van der Waals surface area contributed by atoms with Gasteiger partial charge in [0.25, 0.3) is 0 Å². The maximum atomic E-state index is 12.0. The zero-order valence-electron chi connectivity index (χ0n) is 12.0. The molecule has 0 heterocycles. The highest BCUT2D eigenvalue weighted by molar-refractivity contribution is 5.77. The molecule has 1 fully saturated rings. The van der Waals surface area contributed by atoms with Crippen molar-refractivity contribution in [3.63, 3.8) is 0 Å². The summed E-state index contributed by atoms with van der Waals surface area (Å²) >= 11 is 0. The quantitative estimate of drug-likeness (QED) is 0.827. The van der Waals surface area contributed by atoms with E-state index in [2.05, 4.69) is 17.4 Å². The van der Waals surface area contributed by atoms with Gasteiger partial charge in [-0.05, 0) is 36.1 Å². The molecule has 0 aliphatic heterocycles. The summed E-state index contributed by atoms with van der Waals surface area (Å²) in [6.07, 6.45) is 2.34. The number of nitrogens with one attached hydrogen (secondary N) is 1. The molecule has 0 saturated heterocycles. The Morgan fingerprint density at radius 2 is 1.81 bits per heavy atom. The lowest BCUT2D eigenvalue weighted by molar-refractivity contribution is -0.121. The molecular formula is C18H20N2O. The smallest absolute Gasteiger partial charge is 0.220 e. The minimum Gasteiger partial charge on any atom is -0.399 e. The number of carbonyl (C=O) groups is 1. The molecule has 21 heavy (non-hydrogen) atoms. The molecule has 2 unspecified atom stereocenters. The number of hydrogen-bond donors (Lipinski definition) is 2. The van der Waals surface area contributed by atoms with Gasteiger partial charge in [0, 0.05) is 24.1 Å². The molecule has 0 spiro atoms. The topological polar surface area (TPSA) is 55.1 Å². The highest BCUT2D eigenvalue weighted by Gasteiger charge is 2.39. The van der Waals surface area contributed by atoms with E-state index in [1.54, 1.807) is 0 Å². The van der Waals surface area contributed by atoms with E-state index in [9.17, 15) is 4.79 Å². The van der Waals surface area contributed by atoms with Crippen LogP contribution < -0.4 is 11.1 Å². The predicted octanol–water partition coefficient (Wildman–Crippen LogP) is 2.87. The van der Waals surface area contributed by atoms with E-state index >= 15 is 0 Å². The fraction of sp³-hybridized carbons (Fsp3) is 0.278. The van der Waals surface area contributed by atoms with Crippen molar-refractivity contribution in [2.75, 3.05) is 5.73 Å².